The lowest BCUT2D eigenvalue weighted by Crippen LogP contribution is -2.04. The number of hydrogen-bond donors (Lipinski definition) is 2. The standard InChI is InChI=1S/C13H14IN3/c1-9-3-2-6-16-13(9)8-17-12-5-4-10(15)7-11(12)14/h2-7,17H,8,15H2,1H3. The summed E-state index contributed by atoms with van der Waals surface area (Å²) in [5, 5.41) is 3.37. The minimum atomic E-state index is 0.729. The molecule has 3 nitrogen and oxygen atoms in total. The van der Waals surface area contributed by atoms with Crippen molar-refractivity contribution in [2.75, 3.05) is 11.1 Å². The molecule has 0 fully saturated rings. The summed E-state index contributed by atoms with van der Waals surface area (Å²) < 4.78 is 1.12. The van der Waals surface area contributed by atoms with E-state index in [1.54, 1.807) is 0 Å². The number of aryl methyl sites for hydroxylation is 1. The van der Waals surface area contributed by atoms with Gasteiger partial charge in [0.15, 0.2) is 0 Å². The van der Waals surface area contributed by atoms with Crippen LogP contribution in [0.3, 0.4) is 0 Å². The number of nitrogen functional groups attached to an aromatic ring is 1. The molecule has 0 aliphatic rings. The van der Waals surface area contributed by atoms with Crippen LogP contribution in [0.2, 0.25) is 0 Å². The van der Waals surface area contributed by atoms with Gasteiger partial charge in [0.1, 0.15) is 0 Å². The topological polar surface area (TPSA) is 50.9 Å². The van der Waals surface area contributed by atoms with Crippen LogP contribution in [0, 0.1) is 10.5 Å². The quantitative estimate of drug-likeness (QED) is 0.667. The normalized spacial score (nSPS) is 10.2. The van der Waals surface area contributed by atoms with Crippen molar-refractivity contribution in [3.8, 4) is 0 Å². The van der Waals surface area contributed by atoms with Crippen molar-refractivity contribution in [3.05, 3.63) is 51.4 Å². The fourth-order valence-corrected chi connectivity index (χ4v) is 2.29. The lowest BCUT2D eigenvalue weighted by atomic mass is 10.2. The van der Waals surface area contributed by atoms with Crippen LogP contribution >= 0.6 is 22.6 Å². The Hall–Kier alpha value is -1.30. The number of halogens is 1. The van der Waals surface area contributed by atoms with Gasteiger partial charge in [-0.25, -0.2) is 0 Å². The van der Waals surface area contributed by atoms with E-state index < -0.39 is 0 Å². The van der Waals surface area contributed by atoms with Gasteiger partial charge in [0.2, 0.25) is 0 Å². The molecule has 0 amide bonds. The summed E-state index contributed by atoms with van der Waals surface area (Å²) in [6.07, 6.45) is 1.82. The summed E-state index contributed by atoms with van der Waals surface area (Å²) >= 11 is 2.27. The number of nitrogens with two attached hydrogens (primary N) is 1. The number of anilines is 2. The molecule has 17 heavy (non-hydrogen) atoms. The van der Waals surface area contributed by atoms with Crippen molar-refractivity contribution in [1.29, 1.82) is 0 Å². The van der Waals surface area contributed by atoms with Crippen LogP contribution in [0.1, 0.15) is 11.3 Å². The third-order valence-corrected chi connectivity index (χ3v) is 3.45. The van der Waals surface area contributed by atoms with E-state index in [0.29, 0.717) is 0 Å². The maximum absolute atomic E-state index is 5.71. The molecule has 0 spiro atoms. The smallest absolute Gasteiger partial charge is 0.0623 e. The third-order valence-electron chi connectivity index (χ3n) is 2.56. The molecule has 1 aromatic heterocycles. The van der Waals surface area contributed by atoms with Gasteiger partial charge in [-0.15, -0.1) is 0 Å². The zero-order chi connectivity index (χ0) is 12.3. The van der Waals surface area contributed by atoms with Gasteiger partial charge >= 0.3 is 0 Å². The van der Waals surface area contributed by atoms with E-state index in [1.807, 2.05) is 30.5 Å². The van der Waals surface area contributed by atoms with Gasteiger partial charge in [0, 0.05) is 21.1 Å². The molecule has 4 heteroatoms. The molecule has 2 aromatic rings. The summed E-state index contributed by atoms with van der Waals surface area (Å²) in [4.78, 5) is 4.35. The lowest BCUT2D eigenvalue weighted by Gasteiger charge is -2.10. The molecule has 0 saturated heterocycles. The fraction of sp³-hybridized carbons (Fsp3) is 0.154. The molecule has 0 bridgehead atoms. The third kappa shape index (κ3) is 3.09. The van der Waals surface area contributed by atoms with E-state index in [2.05, 4.69) is 45.9 Å². The molecule has 0 radical (unpaired) electrons. The van der Waals surface area contributed by atoms with E-state index in [1.165, 1.54) is 5.56 Å². The first-order valence-corrected chi connectivity index (χ1v) is 6.44. The predicted molar refractivity (Wildman–Crippen MR) is 79.9 cm³/mol. The predicted octanol–water partition coefficient (Wildman–Crippen LogP) is 3.19. The highest BCUT2D eigenvalue weighted by Crippen LogP contribution is 2.21. The molecule has 1 heterocycles. The molecule has 88 valence electrons. The largest absolute Gasteiger partial charge is 0.399 e. The molecular formula is C13H14IN3. The molecular weight excluding hydrogens is 325 g/mol. The number of aromatic nitrogens is 1. The molecule has 0 aliphatic heterocycles. The number of pyridine rings is 1. The minimum absolute atomic E-state index is 0.729. The molecule has 0 aliphatic carbocycles. The van der Waals surface area contributed by atoms with Crippen molar-refractivity contribution in [1.82, 2.24) is 4.98 Å². The highest BCUT2D eigenvalue weighted by Gasteiger charge is 2.02. The Balaban J connectivity index is 2.10. The zero-order valence-corrected chi connectivity index (χ0v) is 11.7. The van der Waals surface area contributed by atoms with Gasteiger partial charge in [-0.2, -0.15) is 0 Å². The van der Waals surface area contributed by atoms with E-state index >= 15 is 0 Å². The number of rotatable bonds is 3. The molecule has 1 aromatic carbocycles. The van der Waals surface area contributed by atoms with Crippen molar-refractivity contribution in [2.24, 2.45) is 0 Å². The van der Waals surface area contributed by atoms with Gasteiger partial charge in [0.25, 0.3) is 0 Å². The summed E-state index contributed by atoms with van der Waals surface area (Å²) in [5.74, 6) is 0. The monoisotopic (exact) mass is 339 g/mol. The van der Waals surface area contributed by atoms with E-state index in [9.17, 15) is 0 Å². The van der Waals surface area contributed by atoms with Crippen LogP contribution in [-0.2, 0) is 6.54 Å². The average Bonchev–Trinajstić information content (AvgIpc) is 2.30. The summed E-state index contributed by atoms with van der Waals surface area (Å²) in [5.41, 5.74) is 9.86. The van der Waals surface area contributed by atoms with E-state index in [0.717, 1.165) is 27.2 Å². The SMILES string of the molecule is Cc1cccnc1CNc1ccc(N)cc1I. The lowest BCUT2D eigenvalue weighted by molar-refractivity contribution is 1.02. The highest BCUT2D eigenvalue weighted by molar-refractivity contribution is 14.1. The van der Waals surface area contributed by atoms with Crippen LogP contribution < -0.4 is 11.1 Å². The first kappa shape index (κ1) is 12.2. The second-order valence-corrected chi connectivity index (χ2v) is 5.02. The Labute approximate surface area is 115 Å². The van der Waals surface area contributed by atoms with Crippen LogP contribution in [-0.4, -0.2) is 4.98 Å². The van der Waals surface area contributed by atoms with Crippen LogP contribution in [0.25, 0.3) is 0 Å². The second kappa shape index (κ2) is 5.35. The van der Waals surface area contributed by atoms with Gasteiger partial charge in [-0.05, 0) is 59.3 Å². The highest BCUT2D eigenvalue weighted by atomic mass is 127. The number of nitrogens with zero attached hydrogens (tertiary/aromatic N) is 1. The fourth-order valence-electron chi connectivity index (χ4n) is 1.56. The van der Waals surface area contributed by atoms with Crippen LogP contribution in [0.15, 0.2) is 36.5 Å². The average molecular weight is 339 g/mol. The van der Waals surface area contributed by atoms with E-state index in [-0.39, 0.29) is 0 Å². The first-order chi connectivity index (χ1) is 8.16. The molecule has 0 saturated carbocycles. The zero-order valence-electron chi connectivity index (χ0n) is 9.57. The number of nitrogens with one attached hydrogen (secondary N) is 1. The van der Waals surface area contributed by atoms with Gasteiger partial charge in [-0.1, -0.05) is 6.07 Å². The summed E-state index contributed by atoms with van der Waals surface area (Å²) in [6.45, 7) is 2.80. The summed E-state index contributed by atoms with van der Waals surface area (Å²) in [6, 6.07) is 9.86. The Morgan fingerprint density at radius 1 is 1.35 bits per heavy atom. The Morgan fingerprint density at radius 2 is 2.18 bits per heavy atom. The van der Waals surface area contributed by atoms with Crippen molar-refractivity contribution in [3.63, 3.8) is 0 Å². The Morgan fingerprint density at radius 3 is 2.88 bits per heavy atom. The van der Waals surface area contributed by atoms with E-state index in [4.69, 9.17) is 5.73 Å². The minimum Gasteiger partial charge on any atom is -0.399 e. The van der Waals surface area contributed by atoms with Crippen molar-refractivity contribution >= 4 is 34.0 Å². The Kier molecular flexibility index (Phi) is 3.83. The molecule has 2 rings (SSSR count). The maximum atomic E-state index is 5.71. The van der Waals surface area contributed by atoms with Crippen molar-refractivity contribution < 1.29 is 0 Å². The van der Waals surface area contributed by atoms with Crippen LogP contribution in [0.5, 0.6) is 0 Å². The number of hydrogen-bond acceptors (Lipinski definition) is 3. The van der Waals surface area contributed by atoms with Gasteiger partial charge < -0.3 is 11.1 Å². The van der Waals surface area contributed by atoms with Crippen molar-refractivity contribution in [2.45, 2.75) is 13.5 Å². The van der Waals surface area contributed by atoms with Crippen LogP contribution in [0.4, 0.5) is 11.4 Å². The van der Waals surface area contributed by atoms with Gasteiger partial charge in [0.05, 0.1) is 12.2 Å². The Bertz CT molecular complexity index is 526. The molecule has 0 unspecified atom stereocenters. The first-order valence-electron chi connectivity index (χ1n) is 5.36. The summed E-state index contributed by atoms with van der Waals surface area (Å²) in [7, 11) is 0. The second-order valence-electron chi connectivity index (χ2n) is 3.86. The maximum Gasteiger partial charge on any atom is 0.0623 e. The number of benzene rings is 1. The molecule has 0 atom stereocenters. The molecule has 3 N–H and O–H groups in total. The van der Waals surface area contributed by atoms with Gasteiger partial charge in [-0.3, -0.25) is 4.98 Å².